The Balaban J connectivity index is 1.97. The molecule has 2 saturated heterocycles. The summed E-state index contributed by atoms with van der Waals surface area (Å²) in [5, 5.41) is 11.7. The Morgan fingerprint density at radius 3 is 2.77 bits per heavy atom. The van der Waals surface area contributed by atoms with E-state index in [0.717, 1.165) is 24.9 Å². The van der Waals surface area contributed by atoms with Gasteiger partial charge in [0, 0.05) is 11.0 Å². The number of hydrogen-bond acceptors (Lipinski definition) is 5. The maximum Gasteiger partial charge on any atom is 0.306 e. The fourth-order valence-electron chi connectivity index (χ4n) is 4.12. The van der Waals surface area contributed by atoms with Crippen molar-refractivity contribution in [3.05, 3.63) is 46.0 Å². The molecule has 2 aliphatic heterocycles. The normalized spacial score (nSPS) is 31.0. The van der Waals surface area contributed by atoms with E-state index in [0.29, 0.717) is 0 Å². The first-order valence-corrected chi connectivity index (χ1v) is 7.64. The molecule has 0 unspecified atom stereocenters. The summed E-state index contributed by atoms with van der Waals surface area (Å²) in [6.07, 6.45) is 2.05. The van der Waals surface area contributed by atoms with Crippen molar-refractivity contribution in [2.24, 2.45) is 5.92 Å². The number of ether oxygens (including phenoxy) is 1. The number of rotatable bonds is 4. The molecule has 0 saturated carbocycles. The predicted molar refractivity (Wildman–Crippen MR) is 79.8 cm³/mol. The van der Waals surface area contributed by atoms with Crippen molar-refractivity contribution in [3.63, 3.8) is 0 Å². The summed E-state index contributed by atoms with van der Waals surface area (Å²) >= 11 is 0. The van der Waals surface area contributed by atoms with Crippen molar-refractivity contribution in [1.82, 2.24) is 4.90 Å². The number of carbonyl (C=O) groups excluding carboxylic acids is 1. The van der Waals surface area contributed by atoms with Gasteiger partial charge >= 0.3 is 5.97 Å². The summed E-state index contributed by atoms with van der Waals surface area (Å²) in [4.78, 5) is 25.4. The summed E-state index contributed by atoms with van der Waals surface area (Å²) in [5.41, 5.74) is 0.962. The second-order valence-corrected chi connectivity index (χ2v) is 6.02. The molecule has 2 heterocycles. The molecule has 2 aliphatic rings. The molecular formula is C16H20N2O4. The smallest absolute Gasteiger partial charge is 0.306 e. The Labute approximate surface area is 129 Å². The molecule has 0 amide bonds. The average Bonchev–Trinajstić information content (AvgIpc) is 3.09. The SMILES string of the molecule is COC(=O)C[C@H]1[C@H]([N+](=O)[O-])[C@@H](c2ccccc2)N2CCC[C@@H]12. The first kappa shape index (κ1) is 15.0. The lowest BCUT2D eigenvalue weighted by atomic mass is 9.87. The number of carbonyl (C=O) groups is 1. The highest BCUT2D eigenvalue weighted by molar-refractivity contribution is 5.69. The zero-order valence-electron chi connectivity index (χ0n) is 12.6. The van der Waals surface area contributed by atoms with E-state index in [-0.39, 0.29) is 35.3 Å². The predicted octanol–water partition coefficient (Wildman–Crippen LogP) is 2.03. The van der Waals surface area contributed by atoms with Crippen molar-refractivity contribution in [3.8, 4) is 0 Å². The van der Waals surface area contributed by atoms with Crippen LogP contribution in [0.2, 0.25) is 0 Å². The second kappa shape index (κ2) is 6.04. The van der Waals surface area contributed by atoms with Gasteiger partial charge in [0.15, 0.2) is 0 Å². The number of methoxy groups -OCH3 is 1. The van der Waals surface area contributed by atoms with Crippen molar-refractivity contribution >= 4 is 5.97 Å². The summed E-state index contributed by atoms with van der Waals surface area (Å²) in [6.45, 7) is 0.853. The minimum Gasteiger partial charge on any atom is -0.469 e. The van der Waals surface area contributed by atoms with Crippen molar-refractivity contribution in [1.29, 1.82) is 0 Å². The van der Waals surface area contributed by atoms with E-state index in [1.807, 2.05) is 30.3 Å². The molecule has 6 nitrogen and oxygen atoms in total. The minimum absolute atomic E-state index is 0.0970. The van der Waals surface area contributed by atoms with Crippen LogP contribution in [0.1, 0.15) is 30.9 Å². The lowest BCUT2D eigenvalue weighted by Gasteiger charge is -2.23. The third-order valence-corrected chi connectivity index (χ3v) is 4.97. The van der Waals surface area contributed by atoms with Gasteiger partial charge in [0.25, 0.3) is 0 Å². The molecule has 4 atom stereocenters. The van der Waals surface area contributed by atoms with Crippen LogP contribution in [0.4, 0.5) is 0 Å². The van der Waals surface area contributed by atoms with Gasteiger partial charge in [0.2, 0.25) is 6.04 Å². The van der Waals surface area contributed by atoms with Gasteiger partial charge in [-0.15, -0.1) is 0 Å². The average molecular weight is 304 g/mol. The number of nitrogens with zero attached hydrogens (tertiary/aromatic N) is 2. The molecule has 0 spiro atoms. The molecule has 0 aromatic heterocycles. The number of nitro groups is 1. The molecule has 0 aliphatic carbocycles. The van der Waals surface area contributed by atoms with Gasteiger partial charge in [0.1, 0.15) is 6.04 Å². The van der Waals surface area contributed by atoms with E-state index in [1.54, 1.807) is 0 Å². The molecule has 0 radical (unpaired) electrons. The van der Waals surface area contributed by atoms with Crippen LogP contribution in [0.25, 0.3) is 0 Å². The monoisotopic (exact) mass is 304 g/mol. The van der Waals surface area contributed by atoms with E-state index in [2.05, 4.69) is 4.90 Å². The third-order valence-electron chi connectivity index (χ3n) is 4.97. The number of fused-ring (bicyclic) bond motifs is 1. The quantitative estimate of drug-likeness (QED) is 0.483. The van der Waals surface area contributed by atoms with E-state index in [4.69, 9.17) is 4.74 Å². The van der Waals surface area contributed by atoms with Gasteiger partial charge < -0.3 is 4.74 Å². The molecule has 0 N–H and O–H groups in total. The Morgan fingerprint density at radius 1 is 1.41 bits per heavy atom. The van der Waals surface area contributed by atoms with Gasteiger partial charge in [-0.3, -0.25) is 19.8 Å². The van der Waals surface area contributed by atoms with Crippen LogP contribution in [0, 0.1) is 16.0 Å². The summed E-state index contributed by atoms with van der Waals surface area (Å²) in [5.74, 6) is -0.646. The molecule has 1 aromatic carbocycles. The number of esters is 1. The zero-order valence-corrected chi connectivity index (χ0v) is 12.6. The first-order chi connectivity index (χ1) is 10.6. The highest BCUT2D eigenvalue weighted by Crippen LogP contribution is 2.47. The van der Waals surface area contributed by atoms with Crippen molar-refractivity contribution in [2.75, 3.05) is 13.7 Å². The lowest BCUT2D eigenvalue weighted by molar-refractivity contribution is -0.533. The Morgan fingerprint density at radius 2 is 2.14 bits per heavy atom. The van der Waals surface area contributed by atoms with E-state index in [1.165, 1.54) is 7.11 Å². The number of hydrogen-bond donors (Lipinski definition) is 0. The van der Waals surface area contributed by atoms with Crippen LogP contribution in [0.15, 0.2) is 30.3 Å². The van der Waals surface area contributed by atoms with E-state index < -0.39 is 6.04 Å². The Kier molecular flexibility index (Phi) is 4.11. The van der Waals surface area contributed by atoms with Crippen LogP contribution < -0.4 is 0 Å². The van der Waals surface area contributed by atoms with Gasteiger partial charge in [-0.2, -0.15) is 0 Å². The molecule has 118 valence electrons. The topological polar surface area (TPSA) is 72.7 Å². The molecule has 22 heavy (non-hydrogen) atoms. The highest BCUT2D eigenvalue weighted by atomic mass is 16.6. The number of benzene rings is 1. The minimum atomic E-state index is -0.758. The van der Waals surface area contributed by atoms with Crippen LogP contribution in [-0.4, -0.2) is 41.5 Å². The van der Waals surface area contributed by atoms with Gasteiger partial charge in [-0.1, -0.05) is 30.3 Å². The summed E-state index contributed by atoms with van der Waals surface area (Å²) < 4.78 is 4.75. The first-order valence-electron chi connectivity index (χ1n) is 7.64. The summed E-state index contributed by atoms with van der Waals surface area (Å²) in [7, 11) is 1.33. The van der Waals surface area contributed by atoms with Crippen LogP contribution in [-0.2, 0) is 9.53 Å². The molecule has 2 fully saturated rings. The lowest BCUT2D eigenvalue weighted by Crippen LogP contribution is -2.34. The van der Waals surface area contributed by atoms with Gasteiger partial charge in [0.05, 0.1) is 19.4 Å². The van der Waals surface area contributed by atoms with Crippen LogP contribution >= 0.6 is 0 Å². The second-order valence-electron chi connectivity index (χ2n) is 6.02. The van der Waals surface area contributed by atoms with Gasteiger partial charge in [-0.25, -0.2) is 0 Å². The van der Waals surface area contributed by atoms with Gasteiger partial charge in [-0.05, 0) is 24.9 Å². The maximum absolute atomic E-state index is 11.7. The molecule has 3 rings (SSSR count). The largest absolute Gasteiger partial charge is 0.469 e. The third kappa shape index (κ3) is 2.47. The van der Waals surface area contributed by atoms with Crippen molar-refractivity contribution in [2.45, 2.75) is 37.4 Å². The molecule has 0 bridgehead atoms. The van der Waals surface area contributed by atoms with Crippen LogP contribution in [0.3, 0.4) is 0 Å². The fraction of sp³-hybridized carbons (Fsp3) is 0.562. The Bertz CT molecular complexity index is 563. The molecular weight excluding hydrogens is 284 g/mol. The standard InChI is InChI=1S/C16H20N2O4/c1-22-14(19)10-12-13-8-5-9-17(13)15(16(12)18(20)21)11-6-3-2-4-7-11/h2-4,6-7,12-13,15-16H,5,8-10H2,1H3/t12-,13+,15-,16+/m1/s1. The molecule has 6 heteroatoms. The summed E-state index contributed by atoms with van der Waals surface area (Å²) in [6, 6.07) is 8.70. The van der Waals surface area contributed by atoms with Crippen LogP contribution in [0.5, 0.6) is 0 Å². The zero-order chi connectivity index (χ0) is 15.7. The van der Waals surface area contributed by atoms with Crippen molar-refractivity contribution < 1.29 is 14.5 Å². The fourth-order valence-corrected chi connectivity index (χ4v) is 4.12. The van der Waals surface area contributed by atoms with E-state index in [9.17, 15) is 14.9 Å². The van der Waals surface area contributed by atoms with E-state index >= 15 is 0 Å². The maximum atomic E-state index is 11.7. The molecule has 1 aromatic rings. The Hall–Kier alpha value is -1.95. The highest BCUT2D eigenvalue weighted by Gasteiger charge is 2.57.